The van der Waals surface area contributed by atoms with Crippen molar-refractivity contribution in [2.75, 3.05) is 7.11 Å². The monoisotopic (exact) mass is 544 g/mol. The summed E-state index contributed by atoms with van der Waals surface area (Å²) in [6.45, 7) is 7.33. The maximum atomic E-state index is 11.0. The first kappa shape index (κ1) is 35.6. The van der Waals surface area contributed by atoms with Crippen molar-refractivity contribution in [3.8, 4) is 0 Å². The molecule has 2 saturated carbocycles. The third kappa shape index (κ3) is 19.2. The topological polar surface area (TPSA) is 101 Å². The number of carbonyl (C=O) groups is 1. The average molecular weight is 546 g/mol. The molecule has 11 heteroatoms. The zero-order valence-corrected chi connectivity index (χ0v) is 21.3. The van der Waals surface area contributed by atoms with E-state index in [0.29, 0.717) is 0 Å². The van der Waals surface area contributed by atoms with Gasteiger partial charge in [0.05, 0.1) is 19.1 Å². The van der Waals surface area contributed by atoms with Crippen LogP contribution in [0.1, 0.15) is 27.7 Å². The van der Waals surface area contributed by atoms with Crippen LogP contribution in [-0.2, 0) is 45.9 Å². The minimum Gasteiger partial charge on any atom is -0.469 e. The molecule has 0 aromatic carbocycles. The number of aliphatic hydroxyl groups excluding tert-OH is 1. The standard InChI is InChI=1S/C9H18O3.2C5H5.CHF3O3S.Zr/c1-6(8(11)12-5)7(10)9(2,3)4;2*1-2-4-5-3-1;2-1(3,4)8(5,6)7;/h6-7,10H,1-5H3;2*1-5H;(H,5,6,7);/q;;;;+2/t6-,7+;;;;/m1..../s1. The summed E-state index contributed by atoms with van der Waals surface area (Å²) in [5.41, 5.74) is -5.82. The molecule has 2 fully saturated rings. The van der Waals surface area contributed by atoms with Crippen LogP contribution in [0.3, 0.4) is 0 Å². The van der Waals surface area contributed by atoms with Crippen LogP contribution < -0.4 is 0 Å². The number of esters is 1. The first-order valence-electron chi connectivity index (χ1n) is 8.68. The Balaban J connectivity index is -0.000000355. The van der Waals surface area contributed by atoms with Gasteiger partial charge in [0.2, 0.25) is 0 Å². The molecule has 0 saturated heterocycles. The number of ether oxygens (including phenoxy) is 1. The van der Waals surface area contributed by atoms with E-state index >= 15 is 0 Å². The fraction of sp³-hybridized carbons (Fsp3) is 0.450. The molecule has 10 radical (unpaired) electrons. The van der Waals surface area contributed by atoms with Crippen LogP contribution in [0.2, 0.25) is 0 Å². The van der Waals surface area contributed by atoms with Crippen LogP contribution in [0, 0.1) is 75.5 Å². The second-order valence-corrected chi connectivity index (χ2v) is 8.38. The molecule has 0 aliphatic heterocycles. The Morgan fingerprint density at radius 1 is 0.871 bits per heavy atom. The zero-order valence-electron chi connectivity index (χ0n) is 18.0. The van der Waals surface area contributed by atoms with Gasteiger partial charge in [-0.05, 0) is 76.5 Å². The number of rotatable bonds is 2. The van der Waals surface area contributed by atoms with Gasteiger partial charge in [0.25, 0.3) is 0 Å². The van der Waals surface area contributed by atoms with Crippen LogP contribution in [0.25, 0.3) is 0 Å². The summed E-state index contributed by atoms with van der Waals surface area (Å²) in [5.74, 6) is -0.826. The molecule has 2 aliphatic carbocycles. The Bertz CT molecular complexity index is 529. The predicted octanol–water partition coefficient (Wildman–Crippen LogP) is 3.64. The molecule has 2 atom stereocenters. The number of halogens is 3. The van der Waals surface area contributed by atoms with Gasteiger partial charge in [-0.15, -0.1) is 0 Å². The SMILES string of the molecule is COC(=O)[C@H](C)[C@H](O)C(C)(C)C.O=S(=O)(O)C(F)(F)F.[CH]1[CH][CH][CH][CH]1.[CH]1[CH][CH][CH][CH]1.[Zr+2]. The summed E-state index contributed by atoms with van der Waals surface area (Å²) in [6.07, 6.45) is 19.3. The van der Waals surface area contributed by atoms with Gasteiger partial charge in [-0.3, -0.25) is 9.35 Å². The van der Waals surface area contributed by atoms with E-state index in [1.165, 1.54) is 7.11 Å². The van der Waals surface area contributed by atoms with Crippen molar-refractivity contribution in [1.29, 1.82) is 0 Å². The van der Waals surface area contributed by atoms with Gasteiger partial charge in [0, 0.05) is 0 Å². The Kier molecular flexibility index (Phi) is 20.1. The van der Waals surface area contributed by atoms with E-state index in [9.17, 15) is 23.1 Å². The molecule has 174 valence electrons. The summed E-state index contributed by atoms with van der Waals surface area (Å²) in [7, 11) is -4.51. The van der Waals surface area contributed by atoms with Crippen molar-refractivity contribution in [1.82, 2.24) is 0 Å². The molecular formula is C20H29F3O6SZr+2. The van der Waals surface area contributed by atoms with Gasteiger partial charge < -0.3 is 9.84 Å². The Morgan fingerprint density at radius 3 is 1.23 bits per heavy atom. The molecule has 0 spiro atoms. The van der Waals surface area contributed by atoms with Crippen LogP contribution in [0.15, 0.2) is 0 Å². The predicted molar refractivity (Wildman–Crippen MR) is 107 cm³/mol. The van der Waals surface area contributed by atoms with E-state index in [1.807, 2.05) is 85.0 Å². The van der Waals surface area contributed by atoms with Crippen molar-refractivity contribution in [3.63, 3.8) is 0 Å². The number of hydrogen-bond donors (Lipinski definition) is 2. The van der Waals surface area contributed by atoms with Gasteiger partial charge in [-0.25, -0.2) is 0 Å². The zero-order chi connectivity index (χ0) is 24.0. The van der Waals surface area contributed by atoms with Crippen LogP contribution >= 0.6 is 0 Å². The summed E-state index contributed by atoms with van der Waals surface area (Å²) < 4.78 is 62.1. The third-order valence-electron chi connectivity index (χ3n) is 3.34. The Hall–Kier alpha value is 0.0131. The second-order valence-electron chi connectivity index (χ2n) is 6.97. The minimum absolute atomic E-state index is 0. The number of alkyl halides is 3. The quantitative estimate of drug-likeness (QED) is 0.312. The molecule has 0 amide bonds. The van der Waals surface area contributed by atoms with Crippen molar-refractivity contribution >= 4 is 16.1 Å². The molecule has 0 bridgehead atoms. The van der Waals surface area contributed by atoms with E-state index in [1.54, 1.807) is 6.92 Å². The maximum absolute atomic E-state index is 11.0. The first-order chi connectivity index (χ1) is 13.6. The molecule has 0 heterocycles. The maximum Gasteiger partial charge on any atom is 2.00 e. The second kappa shape index (κ2) is 17.5. The molecule has 0 unspecified atom stereocenters. The number of methoxy groups -OCH3 is 1. The molecule has 0 aromatic rings. The van der Waals surface area contributed by atoms with Gasteiger partial charge >= 0.3 is 47.8 Å². The minimum atomic E-state index is -5.84. The van der Waals surface area contributed by atoms with Gasteiger partial charge in [0.15, 0.2) is 0 Å². The number of hydrogen-bond acceptors (Lipinski definition) is 5. The normalized spacial score (nSPS) is 17.9. The Labute approximate surface area is 204 Å². The van der Waals surface area contributed by atoms with E-state index in [-0.39, 0.29) is 37.6 Å². The summed E-state index contributed by atoms with van der Waals surface area (Å²) in [6, 6.07) is 0. The number of aliphatic hydroxyl groups is 1. The molecular weight excluding hydrogens is 516 g/mol. The molecule has 2 N–H and O–H groups in total. The van der Waals surface area contributed by atoms with Crippen molar-refractivity contribution in [2.45, 2.75) is 39.3 Å². The first-order valence-corrected chi connectivity index (χ1v) is 10.1. The van der Waals surface area contributed by atoms with Gasteiger partial charge in [0.1, 0.15) is 0 Å². The fourth-order valence-corrected chi connectivity index (χ4v) is 1.71. The fourth-order valence-electron chi connectivity index (χ4n) is 1.71. The molecule has 2 rings (SSSR count). The summed E-state index contributed by atoms with van der Waals surface area (Å²) in [5, 5.41) is 9.65. The van der Waals surface area contributed by atoms with Crippen molar-refractivity contribution in [2.24, 2.45) is 11.3 Å². The Morgan fingerprint density at radius 2 is 1.10 bits per heavy atom. The van der Waals surface area contributed by atoms with E-state index in [0.717, 1.165) is 0 Å². The molecule has 2 aliphatic rings. The van der Waals surface area contributed by atoms with Crippen LogP contribution in [0.5, 0.6) is 0 Å². The van der Waals surface area contributed by atoms with Crippen LogP contribution in [-0.4, -0.2) is 42.8 Å². The summed E-state index contributed by atoms with van der Waals surface area (Å²) in [4.78, 5) is 11.0. The molecule has 31 heavy (non-hydrogen) atoms. The van der Waals surface area contributed by atoms with Crippen molar-refractivity contribution < 1.29 is 67.0 Å². The smallest absolute Gasteiger partial charge is 0.469 e. The average Bonchev–Trinajstić information content (AvgIpc) is 3.36. The van der Waals surface area contributed by atoms with Gasteiger partial charge in [-0.2, -0.15) is 21.6 Å². The van der Waals surface area contributed by atoms with Crippen molar-refractivity contribution in [3.05, 3.63) is 64.2 Å². The van der Waals surface area contributed by atoms with E-state index < -0.39 is 27.6 Å². The number of carbonyl (C=O) groups excluding carboxylic acids is 1. The van der Waals surface area contributed by atoms with E-state index in [4.69, 9.17) is 13.0 Å². The summed E-state index contributed by atoms with van der Waals surface area (Å²) >= 11 is 0. The van der Waals surface area contributed by atoms with Crippen LogP contribution in [0.4, 0.5) is 13.2 Å². The largest absolute Gasteiger partial charge is 2.00 e. The molecule has 6 nitrogen and oxygen atoms in total. The molecule has 0 aromatic heterocycles. The third-order valence-corrected chi connectivity index (χ3v) is 3.92. The van der Waals surface area contributed by atoms with Gasteiger partial charge in [-0.1, -0.05) is 20.8 Å². The van der Waals surface area contributed by atoms with E-state index in [2.05, 4.69) is 4.74 Å².